The molecule has 0 aromatic heterocycles. The molecule has 2 aromatic carbocycles. The van der Waals surface area contributed by atoms with Gasteiger partial charge < -0.3 is 10.5 Å². The number of benzene rings is 2. The van der Waals surface area contributed by atoms with Gasteiger partial charge >= 0.3 is 0 Å². The number of rotatable bonds is 4. The van der Waals surface area contributed by atoms with E-state index in [-0.39, 0.29) is 0 Å². The largest absolute Gasteiger partial charge is 0.493 e. The lowest BCUT2D eigenvalue weighted by Crippen LogP contribution is -2.03. The van der Waals surface area contributed by atoms with Crippen molar-refractivity contribution in [2.75, 3.05) is 12.3 Å². The molecule has 0 spiro atoms. The van der Waals surface area contributed by atoms with Crippen LogP contribution in [0.3, 0.4) is 0 Å². The number of nitrogens with two attached hydrogens (primary N) is 1. The number of ether oxygens (including phenoxy) is 1. The van der Waals surface area contributed by atoms with Gasteiger partial charge in [0.15, 0.2) is 0 Å². The van der Waals surface area contributed by atoms with Crippen molar-refractivity contribution in [2.45, 2.75) is 6.42 Å². The highest BCUT2D eigenvalue weighted by atomic mass is 16.5. The molecule has 0 heterocycles. The summed E-state index contributed by atoms with van der Waals surface area (Å²) in [5.74, 6) is 0.900. The monoisotopic (exact) mass is 213 g/mol. The predicted octanol–water partition coefficient (Wildman–Crippen LogP) is 2.89. The molecule has 0 amide bonds. The number of hydrogen-bond donors (Lipinski definition) is 1. The number of hydrogen-bond acceptors (Lipinski definition) is 2. The quantitative estimate of drug-likeness (QED) is 0.792. The normalized spacial score (nSPS) is 10.0. The molecule has 0 saturated carbocycles. The second-order valence-electron chi connectivity index (χ2n) is 3.61. The van der Waals surface area contributed by atoms with Crippen molar-refractivity contribution in [3.8, 4) is 5.75 Å². The van der Waals surface area contributed by atoms with Crippen molar-refractivity contribution in [3.05, 3.63) is 60.2 Å². The van der Waals surface area contributed by atoms with Crippen LogP contribution in [0.15, 0.2) is 54.6 Å². The Morgan fingerprint density at radius 2 is 1.56 bits per heavy atom. The van der Waals surface area contributed by atoms with Gasteiger partial charge in [0, 0.05) is 12.1 Å². The zero-order valence-corrected chi connectivity index (χ0v) is 9.10. The lowest BCUT2D eigenvalue weighted by Gasteiger charge is -2.07. The van der Waals surface area contributed by atoms with E-state index < -0.39 is 0 Å². The molecule has 0 aliphatic carbocycles. The Labute approximate surface area is 95.7 Å². The Morgan fingerprint density at radius 1 is 0.875 bits per heavy atom. The van der Waals surface area contributed by atoms with Crippen molar-refractivity contribution in [2.24, 2.45) is 0 Å². The van der Waals surface area contributed by atoms with Crippen molar-refractivity contribution < 1.29 is 4.74 Å². The lowest BCUT2D eigenvalue weighted by atomic mass is 10.1. The SMILES string of the molecule is Nc1ccccc1CCOc1ccccc1. The predicted molar refractivity (Wildman–Crippen MR) is 66.5 cm³/mol. The Kier molecular flexibility index (Phi) is 3.44. The van der Waals surface area contributed by atoms with Crippen molar-refractivity contribution in [1.82, 2.24) is 0 Å². The molecule has 2 nitrogen and oxygen atoms in total. The van der Waals surface area contributed by atoms with Crippen molar-refractivity contribution in [1.29, 1.82) is 0 Å². The highest BCUT2D eigenvalue weighted by Crippen LogP contribution is 2.13. The molecule has 2 N–H and O–H groups in total. The Balaban J connectivity index is 1.87. The molecule has 16 heavy (non-hydrogen) atoms. The number of para-hydroxylation sites is 2. The fraction of sp³-hybridized carbons (Fsp3) is 0.143. The van der Waals surface area contributed by atoms with Crippen LogP contribution in [0.5, 0.6) is 5.75 Å². The van der Waals surface area contributed by atoms with E-state index in [1.807, 2.05) is 54.6 Å². The van der Waals surface area contributed by atoms with Gasteiger partial charge in [0.05, 0.1) is 6.61 Å². The van der Waals surface area contributed by atoms with Gasteiger partial charge in [-0.25, -0.2) is 0 Å². The molecular formula is C14H15NO. The summed E-state index contributed by atoms with van der Waals surface area (Å²) >= 11 is 0. The molecule has 0 radical (unpaired) electrons. The van der Waals surface area contributed by atoms with Gasteiger partial charge in [-0.05, 0) is 23.8 Å². The first-order chi connectivity index (χ1) is 7.86. The van der Waals surface area contributed by atoms with Crippen molar-refractivity contribution >= 4 is 5.69 Å². The maximum absolute atomic E-state index is 5.84. The van der Waals surface area contributed by atoms with Gasteiger partial charge in [-0.15, -0.1) is 0 Å². The summed E-state index contributed by atoms with van der Waals surface area (Å²) in [4.78, 5) is 0. The molecule has 82 valence electrons. The van der Waals surface area contributed by atoms with Crippen LogP contribution >= 0.6 is 0 Å². The minimum atomic E-state index is 0.651. The minimum absolute atomic E-state index is 0.651. The molecule has 0 aliphatic rings. The summed E-state index contributed by atoms with van der Waals surface area (Å²) in [6.45, 7) is 0.651. The second kappa shape index (κ2) is 5.21. The van der Waals surface area contributed by atoms with Gasteiger partial charge in [0.2, 0.25) is 0 Å². The van der Waals surface area contributed by atoms with E-state index in [1.54, 1.807) is 0 Å². The third-order valence-electron chi connectivity index (χ3n) is 2.44. The van der Waals surface area contributed by atoms with Crippen LogP contribution in [0.2, 0.25) is 0 Å². The fourth-order valence-electron chi connectivity index (χ4n) is 1.56. The smallest absolute Gasteiger partial charge is 0.119 e. The Hall–Kier alpha value is -1.96. The van der Waals surface area contributed by atoms with E-state index in [2.05, 4.69) is 0 Å². The zero-order valence-electron chi connectivity index (χ0n) is 9.10. The van der Waals surface area contributed by atoms with Gasteiger partial charge in [-0.1, -0.05) is 36.4 Å². The molecule has 0 aliphatic heterocycles. The number of nitrogen functional groups attached to an aromatic ring is 1. The van der Waals surface area contributed by atoms with E-state index in [9.17, 15) is 0 Å². The standard InChI is InChI=1S/C14H15NO/c15-14-9-5-4-6-12(14)10-11-16-13-7-2-1-3-8-13/h1-9H,10-11,15H2. The van der Waals surface area contributed by atoms with Gasteiger partial charge in [0.25, 0.3) is 0 Å². The zero-order chi connectivity index (χ0) is 11.2. The number of anilines is 1. The molecule has 2 heteroatoms. The first-order valence-electron chi connectivity index (χ1n) is 5.37. The first-order valence-corrected chi connectivity index (χ1v) is 5.37. The highest BCUT2D eigenvalue weighted by Gasteiger charge is 1.98. The van der Waals surface area contributed by atoms with E-state index in [1.165, 1.54) is 0 Å². The summed E-state index contributed by atoms with van der Waals surface area (Å²) in [7, 11) is 0. The van der Waals surface area contributed by atoms with Crippen LogP contribution in [-0.2, 0) is 6.42 Å². The maximum atomic E-state index is 5.84. The lowest BCUT2D eigenvalue weighted by molar-refractivity contribution is 0.322. The molecule has 0 atom stereocenters. The van der Waals surface area contributed by atoms with E-state index in [0.29, 0.717) is 6.61 Å². The second-order valence-corrected chi connectivity index (χ2v) is 3.61. The van der Waals surface area contributed by atoms with Crippen LogP contribution in [0.25, 0.3) is 0 Å². The van der Waals surface area contributed by atoms with Gasteiger partial charge in [0.1, 0.15) is 5.75 Å². The van der Waals surface area contributed by atoms with E-state index in [4.69, 9.17) is 10.5 Å². The summed E-state index contributed by atoms with van der Waals surface area (Å²) in [5, 5.41) is 0. The first kappa shape index (κ1) is 10.6. The Bertz CT molecular complexity index is 439. The summed E-state index contributed by atoms with van der Waals surface area (Å²) in [6.07, 6.45) is 0.835. The molecule has 2 aromatic rings. The summed E-state index contributed by atoms with van der Waals surface area (Å²) in [5.41, 5.74) is 7.81. The van der Waals surface area contributed by atoms with Crippen LogP contribution in [0.1, 0.15) is 5.56 Å². The van der Waals surface area contributed by atoms with E-state index >= 15 is 0 Å². The average molecular weight is 213 g/mol. The van der Waals surface area contributed by atoms with Gasteiger partial charge in [-0.2, -0.15) is 0 Å². The molecule has 0 saturated heterocycles. The third kappa shape index (κ3) is 2.76. The molecular weight excluding hydrogens is 198 g/mol. The third-order valence-corrected chi connectivity index (χ3v) is 2.44. The average Bonchev–Trinajstić information content (AvgIpc) is 2.33. The summed E-state index contributed by atoms with van der Waals surface area (Å²) in [6, 6.07) is 17.7. The minimum Gasteiger partial charge on any atom is -0.493 e. The van der Waals surface area contributed by atoms with Crippen LogP contribution in [0.4, 0.5) is 5.69 Å². The molecule has 0 unspecified atom stereocenters. The highest BCUT2D eigenvalue weighted by molar-refractivity contribution is 5.46. The summed E-state index contributed by atoms with van der Waals surface area (Å²) < 4.78 is 5.61. The van der Waals surface area contributed by atoms with E-state index in [0.717, 1.165) is 23.4 Å². The maximum Gasteiger partial charge on any atom is 0.119 e. The molecule has 2 rings (SSSR count). The van der Waals surface area contributed by atoms with Gasteiger partial charge in [-0.3, -0.25) is 0 Å². The van der Waals surface area contributed by atoms with Crippen LogP contribution in [-0.4, -0.2) is 6.61 Å². The Morgan fingerprint density at radius 3 is 2.31 bits per heavy atom. The van der Waals surface area contributed by atoms with Crippen LogP contribution in [0, 0.1) is 0 Å². The fourth-order valence-corrected chi connectivity index (χ4v) is 1.56. The van der Waals surface area contributed by atoms with Crippen LogP contribution < -0.4 is 10.5 Å². The topological polar surface area (TPSA) is 35.2 Å². The molecule has 0 fully saturated rings. The molecule has 0 bridgehead atoms. The van der Waals surface area contributed by atoms with Crippen molar-refractivity contribution in [3.63, 3.8) is 0 Å².